The second kappa shape index (κ2) is 7.51. The third kappa shape index (κ3) is 4.35. The van der Waals surface area contributed by atoms with Crippen LogP contribution in [0.15, 0.2) is 18.2 Å². The summed E-state index contributed by atoms with van der Waals surface area (Å²) < 4.78 is 19.6. The van der Waals surface area contributed by atoms with E-state index < -0.39 is 0 Å². The zero-order valence-corrected chi connectivity index (χ0v) is 15.4. The zero-order chi connectivity index (χ0) is 17.2. The monoisotopic (exact) mass is 334 g/mol. The van der Waals surface area contributed by atoms with Crippen molar-refractivity contribution < 1.29 is 9.13 Å². The maximum absolute atomic E-state index is 14.2. The van der Waals surface area contributed by atoms with Gasteiger partial charge in [-0.3, -0.25) is 9.80 Å². The molecule has 0 spiro atoms. The Morgan fingerprint density at radius 3 is 2.58 bits per heavy atom. The Bertz CT molecular complexity index is 549. The lowest BCUT2D eigenvalue weighted by Gasteiger charge is -2.37. The first-order valence-corrected chi connectivity index (χ1v) is 9.30. The van der Waals surface area contributed by atoms with Crippen LogP contribution >= 0.6 is 0 Å². The molecule has 1 atom stereocenters. The Hall–Kier alpha value is -0.970. The summed E-state index contributed by atoms with van der Waals surface area (Å²) in [7, 11) is 0. The molecule has 3 rings (SSSR count). The standard InChI is InChI=1S/C20H31FN2O/c1-20(2,3)23-7-4-5-19(23)17-13-16(14-18(21)15-17)6-8-22-9-11-24-12-10-22/h13-15,19H,4-12H2,1-3H3. The summed E-state index contributed by atoms with van der Waals surface area (Å²) in [4.78, 5) is 4.93. The van der Waals surface area contributed by atoms with E-state index >= 15 is 0 Å². The minimum absolute atomic E-state index is 0.0924. The lowest BCUT2D eigenvalue weighted by atomic mass is 9.97. The molecule has 0 saturated carbocycles. The first kappa shape index (κ1) is 17.8. The largest absolute Gasteiger partial charge is 0.379 e. The minimum atomic E-state index is -0.0924. The third-order valence-electron chi connectivity index (χ3n) is 5.30. The molecule has 1 unspecified atom stereocenters. The fraction of sp³-hybridized carbons (Fsp3) is 0.700. The second-order valence-electron chi connectivity index (χ2n) is 8.12. The Balaban J connectivity index is 1.71. The summed E-state index contributed by atoms with van der Waals surface area (Å²) in [5.74, 6) is -0.0924. The average Bonchev–Trinajstić information content (AvgIpc) is 3.03. The molecule has 0 amide bonds. The van der Waals surface area contributed by atoms with E-state index in [-0.39, 0.29) is 11.4 Å². The van der Waals surface area contributed by atoms with Crippen LogP contribution < -0.4 is 0 Å². The first-order valence-electron chi connectivity index (χ1n) is 9.30. The van der Waals surface area contributed by atoms with Crippen molar-refractivity contribution in [2.45, 2.75) is 51.6 Å². The summed E-state index contributed by atoms with van der Waals surface area (Å²) in [5, 5.41) is 0. The van der Waals surface area contributed by atoms with Crippen LogP contribution in [0.4, 0.5) is 4.39 Å². The summed E-state index contributed by atoms with van der Waals surface area (Å²) in [6.45, 7) is 12.5. The lowest BCUT2D eigenvalue weighted by Crippen LogP contribution is -2.40. The molecule has 134 valence electrons. The molecule has 0 radical (unpaired) electrons. The fourth-order valence-electron chi connectivity index (χ4n) is 4.04. The topological polar surface area (TPSA) is 15.7 Å². The van der Waals surface area contributed by atoms with Gasteiger partial charge in [0.2, 0.25) is 0 Å². The van der Waals surface area contributed by atoms with Gasteiger partial charge in [0.15, 0.2) is 0 Å². The van der Waals surface area contributed by atoms with Crippen LogP contribution in [0.1, 0.15) is 50.8 Å². The number of rotatable bonds is 4. The van der Waals surface area contributed by atoms with Crippen molar-refractivity contribution in [2.24, 2.45) is 0 Å². The number of ether oxygens (including phenoxy) is 1. The van der Waals surface area contributed by atoms with E-state index in [0.717, 1.165) is 63.4 Å². The maximum Gasteiger partial charge on any atom is 0.123 e. The van der Waals surface area contributed by atoms with Crippen molar-refractivity contribution in [1.82, 2.24) is 9.80 Å². The van der Waals surface area contributed by atoms with Gasteiger partial charge in [0, 0.05) is 31.2 Å². The van der Waals surface area contributed by atoms with Crippen molar-refractivity contribution >= 4 is 0 Å². The smallest absolute Gasteiger partial charge is 0.123 e. The summed E-state index contributed by atoms with van der Waals surface area (Å²) in [6, 6.07) is 6.04. The third-order valence-corrected chi connectivity index (χ3v) is 5.30. The maximum atomic E-state index is 14.2. The molecule has 1 aromatic rings. The van der Waals surface area contributed by atoms with Gasteiger partial charge < -0.3 is 4.74 Å². The van der Waals surface area contributed by atoms with Crippen LogP contribution in [0.5, 0.6) is 0 Å². The van der Waals surface area contributed by atoms with Crippen molar-refractivity contribution in [2.75, 3.05) is 39.4 Å². The van der Waals surface area contributed by atoms with Crippen LogP contribution in [0.2, 0.25) is 0 Å². The molecule has 2 aliphatic rings. The summed E-state index contributed by atoms with van der Waals surface area (Å²) in [6.07, 6.45) is 3.23. The minimum Gasteiger partial charge on any atom is -0.379 e. The van der Waals surface area contributed by atoms with Gasteiger partial charge in [0.25, 0.3) is 0 Å². The van der Waals surface area contributed by atoms with Gasteiger partial charge >= 0.3 is 0 Å². The molecular weight excluding hydrogens is 303 g/mol. The summed E-state index contributed by atoms with van der Waals surface area (Å²) in [5.41, 5.74) is 2.40. The van der Waals surface area contributed by atoms with Crippen LogP contribution in [0.25, 0.3) is 0 Å². The van der Waals surface area contributed by atoms with E-state index in [1.54, 1.807) is 12.1 Å². The Morgan fingerprint density at radius 2 is 1.88 bits per heavy atom. The molecule has 0 bridgehead atoms. The number of nitrogens with zero attached hydrogens (tertiary/aromatic N) is 2. The molecular formula is C20H31FN2O. The van der Waals surface area contributed by atoms with Gasteiger partial charge in [-0.25, -0.2) is 4.39 Å². The van der Waals surface area contributed by atoms with Crippen molar-refractivity contribution in [3.05, 3.63) is 35.1 Å². The van der Waals surface area contributed by atoms with Crippen LogP contribution in [0, 0.1) is 5.82 Å². The Labute approximate surface area is 145 Å². The zero-order valence-electron chi connectivity index (χ0n) is 15.4. The highest BCUT2D eigenvalue weighted by Crippen LogP contribution is 2.37. The molecule has 4 heteroatoms. The van der Waals surface area contributed by atoms with E-state index in [4.69, 9.17) is 4.74 Å². The number of morpholine rings is 1. The van der Waals surface area contributed by atoms with Crippen molar-refractivity contribution in [1.29, 1.82) is 0 Å². The van der Waals surface area contributed by atoms with E-state index in [1.807, 2.05) is 0 Å². The highest BCUT2D eigenvalue weighted by atomic mass is 19.1. The predicted molar refractivity (Wildman–Crippen MR) is 95.8 cm³/mol. The Kier molecular flexibility index (Phi) is 5.58. The van der Waals surface area contributed by atoms with E-state index in [1.165, 1.54) is 6.42 Å². The molecule has 2 heterocycles. The van der Waals surface area contributed by atoms with E-state index in [0.29, 0.717) is 6.04 Å². The molecule has 1 aromatic carbocycles. The number of likely N-dealkylation sites (tertiary alicyclic amines) is 1. The molecule has 0 aliphatic carbocycles. The van der Waals surface area contributed by atoms with Crippen LogP contribution in [0.3, 0.4) is 0 Å². The highest BCUT2D eigenvalue weighted by molar-refractivity contribution is 5.28. The molecule has 0 aromatic heterocycles. The number of hydrogen-bond acceptors (Lipinski definition) is 3. The van der Waals surface area contributed by atoms with Gasteiger partial charge in [-0.15, -0.1) is 0 Å². The van der Waals surface area contributed by atoms with Gasteiger partial charge in [0.05, 0.1) is 13.2 Å². The molecule has 2 saturated heterocycles. The Morgan fingerprint density at radius 1 is 1.12 bits per heavy atom. The van der Waals surface area contributed by atoms with Gasteiger partial charge in [-0.2, -0.15) is 0 Å². The first-order chi connectivity index (χ1) is 11.4. The quantitative estimate of drug-likeness (QED) is 0.836. The molecule has 2 fully saturated rings. The normalized spacial score (nSPS) is 23.8. The van der Waals surface area contributed by atoms with E-state index in [2.05, 4.69) is 36.6 Å². The number of hydrogen-bond donors (Lipinski definition) is 0. The average molecular weight is 334 g/mol. The fourth-order valence-corrected chi connectivity index (χ4v) is 4.04. The molecule has 24 heavy (non-hydrogen) atoms. The predicted octanol–water partition coefficient (Wildman–Crippen LogP) is 3.64. The lowest BCUT2D eigenvalue weighted by molar-refractivity contribution is 0.0384. The van der Waals surface area contributed by atoms with Crippen molar-refractivity contribution in [3.8, 4) is 0 Å². The van der Waals surface area contributed by atoms with E-state index in [9.17, 15) is 4.39 Å². The molecule has 3 nitrogen and oxygen atoms in total. The number of halogens is 1. The van der Waals surface area contributed by atoms with Crippen LogP contribution in [-0.2, 0) is 11.2 Å². The second-order valence-corrected chi connectivity index (χ2v) is 8.12. The van der Waals surface area contributed by atoms with Gasteiger partial charge in [-0.1, -0.05) is 6.07 Å². The van der Waals surface area contributed by atoms with Crippen molar-refractivity contribution in [3.63, 3.8) is 0 Å². The van der Waals surface area contributed by atoms with Gasteiger partial charge in [0.1, 0.15) is 5.82 Å². The molecule has 2 aliphatic heterocycles. The molecule has 0 N–H and O–H groups in total. The number of benzene rings is 1. The highest BCUT2D eigenvalue weighted by Gasteiger charge is 2.34. The SMILES string of the molecule is CC(C)(C)N1CCCC1c1cc(F)cc(CCN2CCOCC2)c1. The van der Waals surface area contributed by atoms with Crippen LogP contribution in [-0.4, -0.2) is 54.7 Å². The van der Waals surface area contributed by atoms with Gasteiger partial charge in [-0.05, 0) is 69.8 Å². The summed E-state index contributed by atoms with van der Waals surface area (Å²) >= 11 is 0.